The van der Waals surface area contributed by atoms with Crippen LogP contribution in [-0.4, -0.2) is 38.1 Å². The van der Waals surface area contributed by atoms with Crippen LogP contribution in [0.5, 0.6) is 0 Å². The van der Waals surface area contributed by atoms with Crippen molar-refractivity contribution in [3.63, 3.8) is 0 Å². The van der Waals surface area contributed by atoms with Crippen molar-refractivity contribution in [1.82, 2.24) is 10.0 Å². The lowest BCUT2D eigenvalue weighted by molar-refractivity contribution is 0.0893. The van der Waals surface area contributed by atoms with Crippen LogP contribution in [0.15, 0.2) is 29.2 Å². The molecule has 0 bridgehead atoms. The maximum absolute atomic E-state index is 12.4. The Balaban J connectivity index is 3.14. The predicted molar refractivity (Wildman–Crippen MR) is 85.1 cm³/mol. The summed E-state index contributed by atoms with van der Waals surface area (Å²) in [4.78, 5) is 12.3. The summed E-state index contributed by atoms with van der Waals surface area (Å²) in [7, 11) is -3.77. The SMILES string of the molecule is CC(C)NS(=O)(=O)c1ccccc1C(=O)N[C@H](CO)C(C)C. The number of benzene rings is 1. The number of hydrogen-bond donors (Lipinski definition) is 3. The van der Waals surface area contributed by atoms with E-state index in [2.05, 4.69) is 10.0 Å². The summed E-state index contributed by atoms with van der Waals surface area (Å²) in [6.45, 7) is 6.94. The topological polar surface area (TPSA) is 95.5 Å². The molecule has 0 saturated heterocycles. The van der Waals surface area contributed by atoms with Crippen LogP contribution in [0, 0.1) is 5.92 Å². The van der Waals surface area contributed by atoms with E-state index in [1.807, 2.05) is 13.8 Å². The normalized spacial score (nSPS) is 13.4. The van der Waals surface area contributed by atoms with E-state index in [4.69, 9.17) is 0 Å². The average molecular weight is 328 g/mol. The Labute approximate surface area is 132 Å². The van der Waals surface area contributed by atoms with E-state index >= 15 is 0 Å². The van der Waals surface area contributed by atoms with E-state index in [0.29, 0.717) is 0 Å². The van der Waals surface area contributed by atoms with Crippen molar-refractivity contribution in [2.75, 3.05) is 6.61 Å². The highest BCUT2D eigenvalue weighted by Gasteiger charge is 2.24. The minimum Gasteiger partial charge on any atom is -0.394 e. The molecule has 0 saturated carbocycles. The van der Waals surface area contributed by atoms with Crippen molar-refractivity contribution in [2.45, 2.75) is 44.7 Å². The van der Waals surface area contributed by atoms with Gasteiger partial charge in [-0.25, -0.2) is 13.1 Å². The monoisotopic (exact) mass is 328 g/mol. The van der Waals surface area contributed by atoms with E-state index in [0.717, 1.165) is 0 Å². The van der Waals surface area contributed by atoms with Gasteiger partial charge in [-0.1, -0.05) is 26.0 Å². The molecule has 6 nitrogen and oxygen atoms in total. The van der Waals surface area contributed by atoms with Crippen molar-refractivity contribution in [1.29, 1.82) is 0 Å². The average Bonchev–Trinajstić information content (AvgIpc) is 2.42. The quantitative estimate of drug-likeness (QED) is 0.699. The van der Waals surface area contributed by atoms with E-state index in [9.17, 15) is 18.3 Å². The molecule has 0 aliphatic heterocycles. The Bertz CT molecular complexity index is 612. The van der Waals surface area contributed by atoms with Crippen LogP contribution in [0.1, 0.15) is 38.1 Å². The predicted octanol–water partition coefficient (Wildman–Crippen LogP) is 1.12. The van der Waals surface area contributed by atoms with Gasteiger partial charge in [0.05, 0.1) is 23.1 Å². The first-order chi connectivity index (χ1) is 10.2. The standard InChI is InChI=1S/C15H24N2O4S/c1-10(2)13(9-18)16-15(19)12-7-5-6-8-14(12)22(20,21)17-11(3)4/h5-8,10-11,13,17-18H,9H2,1-4H3,(H,16,19)/t13-/m1/s1. The number of aliphatic hydroxyl groups is 1. The van der Waals surface area contributed by atoms with Gasteiger partial charge in [-0.15, -0.1) is 0 Å². The number of hydrogen-bond acceptors (Lipinski definition) is 4. The third-order valence-corrected chi connectivity index (χ3v) is 4.85. The first-order valence-corrected chi connectivity index (χ1v) is 8.70. The number of aliphatic hydroxyl groups excluding tert-OH is 1. The molecule has 7 heteroatoms. The molecule has 1 aromatic carbocycles. The Morgan fingerprint density at radius 2 is 1.77 bits per heavy atom. The van der Waals surface area contributed by atoms with Gasteiger partial charge in [0.25, 0.3) is 5.91 Å². The zero-order chi connectivity index (χ0) is 16.9. The highest BCUT2D eigenvalue weighted by Crippen LogP contribution is 2.16. The van der Waals surface area contributed by atoms with Crippen molar-refractivity contribution < 1.29 is 18.3 Å². The first kappa shape index (κ1) is 18.6. The molecule has 1 amide bonds. The summed E-state index contributed by atoms with van der Waals surface area (Å²) in [5.41, 5.74) is 0.0646. The number of nitrogens with one attached hydrogen (secondary N) is 2. The van der Waals surface area contributed by atoms with Gasteiger partial charge in [-0.2, -0.15) is 0 Å². The highest BCUT2D eigenvalue weighted by molar-refractivity contribution is 7.89. The van der Waals surface area contributed by atoms with E-state index in [1.54, 1.807) is 26.0 Å². The van der Waals surface area contributed by atoms with Gasteiger partial charge in [0, 0.05) is 6.04 Å². The van der Waals surface area contributed by atoms with Crippen LogP contribution >= 0.6 is 0 Å². The van der Waals surface area contributed by atoms with E-state index in [-0.39, 0.29) is 29.0 Å². The van der Waals surface area contributed by atoms with Gasteiger partial charge in [-0.05, 0) is 31.9 Å². The maximum atomic E-state index is 12.4. The molecule has 1 aromatic rings. The Hall–Kier alpha value is -1.44. The van der Waals surface area contributed by atoms with Gasteiger partial charge in [0.2, 0.25) is 10.0 Å². The van der Waals surface area contributed by atoms with Crippen LogP contribution in [0.3, 0.4) is 0 Å². The molecule has 0 aliphatic carbocycles. The van der Waals surface area contributed by atoms with Gasteiger partial charge < -0.3 is 10.4 Å². The molecular formula is C15H24N2O4S. The number of rotatable bonds is 7. The Morgan fingerprint density at radius 3 is 2.27 bits per heavy atom. The maximum Gasteiger partial charge on any atom is 0.252 e. The minimum atomic E-state index is -3.77. The highest BCUT2D eigenvalue weighted by atomic mass is 32.2. The van der Waals surface area contributed by atoms with Crippen LogP contribution in [0.4, 0.5) is 0 Å². The first-order valence-electron chi connectivity index (χ1n) is 7.22. The minimum absolute atomic E-state index is 0.0338. The molecule has 0 unspecified atom stereocenters. The molecule has 0 spiro atoms. The number of sulfonamides is 1. The third-order valence-electron chi connectivity index (χ3n) is 3.13. The molecule has 124 valence electrons. The Kier molecular flexibility index (Phi) is 6.52. The Morgan fingerprint density at radius 1 is 1.18 bits per heavy atom. The van der Waals surface area contributed by atoms with E-state index < -0.39 is 22.0 Å². The fourth-order valence-corrected chi connectivity index (χ4v) is 3.39. The lowest BCUT2D eigenvalue weighted by atomic mass is 10.0. The molecular weight excluding hydrogens is 304 g/mol. The van der Waals surface area contributed by atoms with Crippen LogP contribution in [-0.2, 0) is 10.0 Å². The van der Waals surface area contributed by atoms with Crippen molar-refractivity contribution in [3.05, 3.63) is 29.8 Å². The number of amides is 1. The van der Waals surface area contributed by atoms with Crippen molar-refractivity contribution in [2.24, 2.45) is 5.92 Å². The van der Waals surface area contributed by atoms with Gasteiger partial charge in [0.15, 0.2) is 0 Å². The summed E-state index contributed by atoms with van der Waals surface area (Å²) in [5.74, 6) is -0.482. The second-order valence-corrected chi connectivity index (χ2v) is 7.46. The van der Waals surface area contributed by atoms with Gasteiger partial charge in [-0.3, -0.25) is 4.79 Å². The molecule has 1 rings (SSSR count). The molecule has 22 heavy (non-hydrogen) atoms. The molecule has 0 fully saturated rings. The second kappa shape index (κ2) is 7.71. The summed E-state index contributed by atoms with van der Waals surface area (Å²) in [5, 5.41) is 12.0. The number of carbonyl (C=O) groups excluding carboxylic acids is 1. The summed E-state index contributed by atoms with van der Waals surface area (Å²) >= 11 is 0. The van der Waals surface area contributed by atoms with E-state index in [1.165, 1.54) is 12.1 Å². The zero-order valence-electron chi connectivity index (χ0n) is 13.3. The lowest BCUT2D eigenvalue weighted by Crippen LogP contribution is -2.42. The molecule has 0 radical (unpaired) electrons. The summed E-state index contributed by atoms with van der Waals surface area (Å²) < 4.78 is 27.1. The summed E-state index contributed by atoms with van der Waals surface area (Å²) in [6, 6.07) is 5.31. The van der Waals surface area contributed by atoms with Gasteiger partial charge in [0.1, 0.15) is 0 Å². The van der Waals surface area contributed by atoms with Crippen molar-refractivity contribution in [3.8, 4) is 0 Å². The largest absolute Gasteiger partial charge is 0.394 e. The molecule has 1 atom stereocenters. The van der Waals surface area contributed by atoms with Gasteiger partial charge >= 0.3 is 0 Å². The number of carbonyl (C=O) groups is 1. The van der Waals surface area contributed by atoms with Crippen LogP contribution < -0.4 is 10.0 Å². The molecule has 0 aliphatic rings. The van der Waals surface area contributed by atoms with Crippen molar-refractivity contribution >= 4 is 15.9 Å². The van der Waals surface area contributed by atoms with Crippen LogP contribution in [0.2, 0.25) is 0 Å². The molecule has 0 aromatic heterocycles. The lowest BCUT2D eigenvalue weighted by Gasteiger charge is -2.21. The fourth-order valence-electron chi connectivity index (χ4n) is 1.93. The molecule has 3 N–H and O–H groups in total. The zero-order valence-corrected chi connectivity index (χ0v) is 14.1. The second-order valence-electron chi connectivity index (χ2n) is 5.78. The smallest absolute Gasteiger partial charge is 0.252 e. The summed E-state index contributed by atoms with van der Waals surface area (Å²) in [6.07, 6.45) is 0. The molecule has 0 heterocycles. The van der Waals surface area contributed by atoms with Crippen LogP contribution in [0.25, 0.3) is 0 Å². The fraction of sp³-hybridized carbons (Fsp3) is 0.533. The third kappa shape index (κ3) is 4.79.